The van der Waals surface area contributed by atoms with E-state index in [-0.39, 0.29) is 6.04 Å². The third-order valence-electron chi connectivity index (χ3n) is 5.26. The third-order valence-corrected chi connectivity index (χ3v) is 5.26. The fourth-order valence-electron chi connectivity index (χ4n) is 3.75. The summed E-state index contributed by atoms with van der Waals surface area (Å²) in [5.41, 5.74) is 7.42. The summed E-state index contributed by atoms with van der Waals surface area (Å²) in [6, 6.07) is 4.30. The largest absolute Gasteiger partial charge is 0.340 e. The van der Waals surface area contributed by atoms with Crippen LogP contribution in [0.4, 0.5) is 0 Å². The molecule has 2 heterocycles. The van der Waals surface area contributed by atoms with Crippen LogP contribution in [0.2, 0.25) is 0 Å². The zero-order chi connectivity index (χ0) is 16.1. The Balaban J connectivity index is 1.44. The second-order valence-electron chi connectivity index (χ2n) is 6.93. The van der Waals surface area contributed by atoms with E-state index < -0.39 is 0 Å². The Morgan fingerprint density at radius 3 is 2.70 bits per heavy atom. The number of nitrogens with two attached hydrogens (primary N) is 1. The minimum atomic E-state index is 0.222. The first-order valence-electron chi connectivity index (χ1n) is 8.87. The van der Waals surface area contributed by atoms with Gasteiger partial charge in [-0.2, -0.15) is 0 Å². The van der Waals surface area contributed by atoms with Gasteiger partial charge >= 0.3 is 0 Å². The lowest BCUT2D eigenvalue weighted by molar-refractivity contribution is -0.134. The lowest BCUT2D eigenvalue weighted by Crippen LogP contribution is -2.49. The van der Waals surface area contributed by atoms with E-state index in [4.69, 9.17) is 5.73 Å². The number of hydrogen-bond donors (Lipinski definition) is 1. The Bertz CT molecular complexity index is 499. The van der Waals surface area contributed by atoms with Crippen molar-refractivity contribution in [3.05, 3.63) is 30.1 Å². The molecule has 5 heteroatoms. The van der Waals surface area contributed by atoms with Crippen LogP contribution in [-0.2, 0) is 11.3 Å². The van der Waals surface area contributed by atoms with Crippen LogP contribution < -0.4 is 5.73 Å². The van der Waals surface area contributed by atoms with Gasteiger partial charge in [-0.05, 0) is 30.4 Å². The van der Waals surface area contributed by atoms with E-state index in [0.29, 0.717) is 18.2 Å². The number of hydrogen-bond acceptors (Lipinski definition) is 4. The molecule has 1 aliphatic heterocycles. The van der Waals surface area contributed by atoms with Gasteiger partial charge in [0.1, 0.15) is 0 Å². The highest BCUT2D eigenvalue weighted by Gasteiger charge is 2.28. The number of nitrogens with zero attached hydrogens (tertiary/aromatic N) is 3. The molecule has 2 unspecified atom stereocenters. The van der Waals surface area contributed by atoms with Crippen molar-refractivity contribution in [2.24, 2.45) is 11.7 Å². The monoisotopic (exact) mass is 316 g/mol. The lowest BCUT2D eigenvalue weighted by atomic mass is 9.82. The van der Waals surface area contributed by atoms with Crippen LogP contribution in [0, 0.1) is 5.92 Å². The molecular formula is C18H28N4O. The van der Waals surface area contributed by atoms with Crippen LogP contribution in [0.3, 0.4) is 0 Å². The van der Waals surface area contributed by atoms with Gasteiger partial charge in [0.15, 0.2) is 0 Å². The molecule has 1 aromatic rings. The number of carbonyl (C=O) groups excluding carboxylic acids is 1. The normalized spacial score (nSPS) is 26.2. The van der Waals surface area contributed by atoms with Crippen molar-refractivity contribution in [1.82, 2.24) is 14.8 Å². The number of piperazine rings is 1. The molecule has 2 N–H and O–H groups in total. The molecule has 1 saturated heterocycles. The number of aromatic nitrogens is 1. The molecule has 2 fully saturated rings. The number of amides is 1. The predicted molar refractivity (Wildman–Crippen MR) is 90.6 cm³/mol. The quantitative estimate of drug-likeness (QED) is 0.917. The van der Waals surface area contributed by atoms with Crippen molar-refractivity contribution < 1.29 is 4.79 Å². The second kappa shape index (κ2) is 7.88. The van der Waals surface area contributed by atoms with Crippen LogP contribution in [-0.4, -0.2) is 52.9 Å². The Labute approximate surface area is 138 Å². The first-order valence-corrected chi connectivity index (χ1v) is 8.87. The molecule has 1 aliphatic carbocycles. The van der Waals surface area contributed by atoms with Crippen molar-refractivity contribution in [1.29, 1.82) is 0 Å². The van der Waals surface area contributed by atoms with Crippen molar-refractivity contribution in [2.75, 3.05) is 26.2 Å². The zero-order valence-corrected chi connectivity index (χ0v) is 13.9. The van der Waals surface area contributed by atoms with Crippen LogP contribution >= 0.6 is 0 Å². The SMILES string of the molecule is NC1CCCCC1CC(=O)N1CCN(Cc2cccnc2)CC1. The Morgan fingerprint density at radius 2 is 2.00 bits per heavy atom. The molecule has 5 nitrogen and oxygen atoms in total. The number of carbonyl (C=O) groups is 1. The molecule has 1 saturated carbocycles. The van der Waals surface area contributed by atoms with Gasteiger partial charge in [0.2, 0.25) is 5.91 Å². The van der Waals surface area contributed by atoms with E-state index in [2.05, 4.69) is 16.0 Å². The summed E-state index contributed by atoms with van der Waals surface area (Å²) in [5, 5.41) is 0. The molecule has 0 bridgehead atoms. The highest BCUT2D eigenvalue weighted by molar-refractivity contribution is 5.76. The average Bonchev–Trinajstić information content (AvgIpc) is 2.58. The summed E-state index contributed by atoms with van der Waals surface area (Å²) in [5.74, 6) is 0.693. The van der Waals surface area contributed by atoms with E-state index >= 15 is 0 Å². The smallest absolute Gasteiger partial charge is 0.222 e. The molecule has 2 aliphatic rings. The van der Waals surface area contributed by atoms with Gasteiger partial charge < -0.3 is 10.6 Å². The molecule has 0 aromatic carbocycles. The molecule has 1 aromatic heterocycles. The van der Waals surface area contributed by atoms with Crippen molar-refractivity contribution in [3.63, 3.8) is 0 Å². The molecule has 3 rings (SSSR count). The van der Waals surface area contributed by atoms with E-state index in [9.17, 15) is 4.79 Å². The van der Waals surface area contributed by atoms with E-state index in [1.807, 2.05) is 17.2 Å². The summed E-state index contributed by atoms with van der Waals surface area (Å²) in [4.78, 5) is 21.1. The molecule has 23 heavy (non-hydrogen) atoms. The number of pyridine rings is 1. The maximum atomic E-state index is 12.5. The maximum absolute atomic E-state index is 12.5. The average molecular weight is 316 g/mol. The highest BCUT2D eigenvalue weighted by atomic mass is 16.2. The minimum Gasteiger partial charge on any atom is -0.340 e. The van der Waals surface area contributed by atoms with Gasteiger partial charge in [0.25, 0.3) is 0 Å². The Hall–Kier alpha value is -1.46. The summed E-state index contributed by atoms with van der Waals surface area (Å²) >= 11 is 0. The van der Waals surface area contributed by atoms with Crippen molar-refractivity contribution >= 4 is 5.91 Å². The first kappa shape index (κ1) is 16.4. The first-order chi connectivity index (χ1) is 11.2. The standard InChI is InChI=1S/C18H28N4O/c19-17-6-2-1-5-16(17)12-18(23)22-10-8-21(9-11-22)14-15-4-3-7-20-13-15/h3-4,7,13,16-17H,1-2,5-6,8-12,14,19H2. The van der Waals surface area contributed by atoms with E-state index in [0.717, 1.165) is 45.6 Å². The van der Waals surface area contributed by atoms with E-state index in [1.165, 1.54) is 18.4 Å². The summed E-state index contributed by atoms with van der Waals surface area (Å²) in [6.45, 7) is 4.47. The van der Waals surface area contributed by atoms with Gasteiger partial charge in [-0.3, -0.25) is 14.7 Å². The molecule has 2 atom stereocenters. The summed E-state index contributed by atoms with van der Waals surface area (Å²) < 4.78 is 0. The third kappa shape index (κ3) is 4.52. The van der Waals surface area contributed by atoms with Crippen molar-refractivity contribution in [3.8, 4) is 0 Å². The van der Waals surface area contributed by atoms with Gasteiger partial charge in [0.05, 0.1) is 0 Å². The van der Waals surface area contributed by atoms with Gasteiger partial charge in [-0.1, -0.05) is 18.9 Å². The van der Waals surface area contributed by atoms with Gasteiger partial charge in [-0.15, -0.1) is 0 Å². The van der Waals surface area contributed by atoms with Crippen LogP contribution in [0.5, 0.6) is 0 Å². The minimum absolute atomic E-state index is 0.222. The fraction of sp³-hybridized carbons (Fsp3) is 0.667. The van der Waals surface area contributed by atoms with Gasteiger partial charge in [0, 0.05) is 57.6 Å². The topological polar surface area (TPSA) is 62.5 Å². The summed E-state index contributed by atoms with van der Waals surface area (Å²) in [7, 11) is 0. The molecule has 0 spiro atoms. The highest BCUT2D eigenvalue weighted by Crippen LogP contribution is 2.26. The lowest BCUT2D eigenvalue weighted by Gasteiger charge is -2.36. The van der Waals surface area contributed by atoms with Crippen LogP contribution in [0.1, 0.15) is 37.7 Å². The fourth-order valence-corrected chi connectivity index (χ4v) is 3.75. The summed E-state index contributed by atoms with van der Waals surface area (Å²) in [6.07, 6.45) is 9.01. The van der Waals surface area contributed by atoms with Crippen molar-refractivity contribution in [2.45, 2.75) is 44.7 Å². The Kier molecular flexibility index (Phi) is 5.62. The molecule has 126 valence electrons. The second-order valence-corrected chi connectivity index (χ2v) is 6.93. The molecule has 1 amide bonds. The van der Waals surface area contributed by atoms with Gasteiger partial charge in [-0.25, -0.2) is 0 Å². The molecular weight excluding hydrogens is 288 g/mol. The van der Waals surface area contributed by atoms with Crippen LogP contribution in [0.15, 0.2) is 24.5 Å². The molecule has 0 radical (unpaired) electrons. The van der Waals surface area contributed by atoms with Crippen LogP contribution in [0.25, 0.3) is 0 Å². The van der Waals surface area contributed by atoms with E-state index in [1.54, 1.807) is 6.20 Å². The number of rotatable bonds is 4. The maximum Gasteiger partial charge on any atom is 0.222 e. The Morgan fingerprint density at radius 1 is 1.22 bits per heavy atom. The zero-order valence-electron chi connectivity index (χ0n) is 13.9. The predicted octanol–water partition coefficient (Wildman–Crippen LogP) is 1.63.